The molecule has 13 atom stereocenters. The summed E-state index contributed by atoms with van der Waals surface area (Å²) in [6, 6.07) is 6.26. The van der Waals surface area contributed by atoms with Gasteiger partial charge >= 0.3 is 0 Å². The molecule has 31 N–H and O–H groups in total. The first-order chi connectivity index (χ1) is 63.9. The largest absolute Gasteiger partial charge is 0.508 e. The number of aromatic hydroxyl groups is 2. The minimum Gasteiger partial charge on any atom is -0.508 e. The van der Waals surface area contributed by atoms with Crippen molar-refractivity contribution >= 4 is 118 Å². The van der Waals surface area contributed by atoms with Gasteiger partial charge in [-0.15, -0.1) is 0 Å². The molecular weight excluding hydrogens is 1750 g/mol. The SMILES string of the molecule is C[C@H]1NC(=O)[C@H](Cc2ccc(O)cc2)NC(=O)[C@H](c2ccccc2)NC(=O)c2cc3cc(c2)C(=O)NC[C@@H](C(=O)N[C@@H](CC(N)=O)C(=O)N[C@@H](CC(N)=O)C(=O)N[C@@H](CC(N)=O)C(=O)N[C@@H](CCCCN)C(N)=O)NC(=O)[C@H](Cc2c[nH]cn2)NC(=O)[C@@H](CCCCN)NC(=O)CNC(=O)[C@@H](Cc2ccccc2)NC(=O)[C@H](Cc2ccc(O)cc2)NC(=O)[C@H](CCCCNC3=O)NC1=O. The van der Waals surface area contributed by atoms with Crippen LogP contribution in [0.3, 0.4) is 0 Å². The van der Waals surface area contributed by atoms with E-state index in [1.54, 1.807) is 36.4 Å². The number of aromatic amines is 1. The average Bonchev–Trinajstić information content (AvgIpc) is 1.47. The van der Waals surface area contributed by atoms with Crippen LogP contribution in [0.25, 0.3) is 0 Å². The standard InChI is InChI=1S/C88H112N24O22/c1-46-74(120)103-59-20-10-13-31-96-75(121)51-35-52(37-53(36-51)77(123)112-72(50-16-6-3-7-17-50)88(134)110-61(81(127)100-46)33-48-21-25-55(113)26-22-48)76(122)97-43-67(87(133)109-66(41-70(93)117)86(132)108-65(40-69(92)116)85(131)107-64(39-68(91)115)84(130)102-57(73(94)119)18-8-11-29-89)111-83(129)63(38-54-42-95-45-99-54)106-79(125)58(19-9-12-30-90)101-71(118)44-98-78(124)60(32-47-14-4-2-5-15-47)104-82(128)62(105-80(59)126)34-49-23-27-56(114)28-24-49/h2-7,14-17,21-28,35-37,42,45-46,57-67,72,113-114H,8-13,18-20,29-34,38-41,43-44,89-90H2,1H3,(H2,91,115)(H2,92,116)(H2,93,117)(H2,94,119)(H,95,99)(H,96,121)(H,97,122)(H,98,124)(H,100,127)(H,101,118)(H,102,130)(H,103,120)(H,104,128)(H,105,126)(H,106,125)(H,107,131)(H,108,132)(H,109,133)(H,110,134)(H,111,129)(H,112,123)/t46-,57+,58-,59+,60-,61+,62+,63+,64+,65+,66+,67+,72+/m1/s1. The van der Waals surface area contributed by atoms with E-state index in [2.05, 4.69) is 95.0 Å². The molecule has 0 aliphatic carbocycles. The van der Waals surface area contributed by atoms with Crippen LogP contribution in [0.2, 0.25) is 0 Å². The number of nitrogens with one attached hydrogen (secondary N) is 17. The van der Waals surface area contributed by atoms with Crippen molar-refractivity contribution in [3.8, 4) is 11.5 Å². The molecule has 6 aromatic rings. The number of H-pyrrole nitrogens is 1. The lowest BCUT2D eigenvalue weighted by Gasteiger charge is -2.27. The topological polar surface area (TPSA) is 759 Å². The minimum absolute atomic E-state index is 0.0270. The predicted octanol–water partition coefficient (Wildman–Crippen LogP) is -6.76. The number of primary amides is 4. The summed E-state index contributed by atoms with van der Waals surface area (Å²) in [5.74, 6) is -23.8. The molecule has 4 bridgehead atoms. The smallest absolute Gasteiger partial charge is 0.252 e. The second-order valence-electron chi connectivity index (χ2n) is 31.9. The van der Waals surface area contributed by atoms with Gasteiger partial charge in [0.05, 0.1) is 37.8 Å². The molecular formula is C88H112N24O22. The highest BCUT2D eigenvalue weighted by molar-refractivity contribution is 6.07. The number of hydrogen-bond acceptors (Lipinski definition) is 25. The number of carbonyl (C=O) groups excluding carboxylic acids is 20. The van der Waals surface area contributed by atoms with Crippen LogP contribution >= 0.6 is 0 Å². The fourth-order valence-electron chi connectivity index (χ4n) is 14.2. The molecule has 8 rings (SSSR count). The number of unbranched alkanes of at least 4 members (excludes halogenated alkanes) is 2. The molecule has 0 fully saturated rings. The van der Waals surface area contributed by atoms with Crippen molar-refractivity contribution < 1.29 is 106 Å². The molecule has 0 spiro atoms. The minimum atomic E-state index is -2.27. The van der Waals surface area contributed by atoms with Gasteiger partial charge in [0.15, 0.2) is 0 Å². The molecule has 0 saturated heterocycles. The van der Waals surface area contributed by atoms with E-state index in [0.717, 1.165) is 18.2 Å². The maximum absolute atomic E-state index is 15.4. The Balaban J connectivity index is 1.26. The monoisotopic (exact) mass is 1860 g/mol. The Morgan fingerprint density at radius 2 is 0.903 bits per heavy atom. The van der Waals surface area contributed by atoms with Crippen molar-refractivity contribution in [1.29, 1.82) is 0 Å². The number of rotatable bonds is 32. The Bertz CT molecular complexity index is 5210. The Hall–Kier alpha value is -15.8. The van der Waals surface area contributed by atoms with E-state index in [1.165, 1.54) is 92.2 Å². The summed E-state index contributed by atoms with van der Waals surface area (Å²) in [6.45, 7) is -0.767. The van der Waals surface area contributed by atoms with Gasteiger partial charge in [0.25, 0.3) is 17.7 Å². The molecule has 5 aromatic carbocycles. The fraction of sp³-hybridized carbons (Fsp3) is 0.398. The molecule has 0 unspecified atom stereocenters. The fourth-order valence-corrected chi connectivity index (χ4v) is 14.2. The molecule has 1 aromatic heterocycles. The van der Waals surface area contributed by atoms with Gasteiger partial charge in [-0.05, 0) is 143 Å². The molecule has 0 radical (unpaired) electrons. The first-order valence-corrected chi connectivity index (χ1v) is 43.0. The maximum Gasteiger partial charge on any atom is 0.252 e. The number of phenols is 2. The highest BCUT2D eigenvalue weighted by Gasteiger charge is 2.40. The number of aromatic nitrogens is 2. The van der Waals surface area contributed by atoms with Crippen molar-refractivity contribution in [3.63, 3.8) is 0 Å². The van der Waals surface area contributed by atoms with Gasteiger partial charge in [-0.3, -0.25) is 95.9 Å². The van der Waals surface area contributed by atoms with Gasteiger partial charge in [0.2, 0.25) is 100 Å². The van der Waals surface area contributed by atoms with Crippen LogP contribution in [0.5, 0.6) is 11.5 Å². The third kappa shape index (κ3) is 33.3. The first-order valence-electron chi connectivity index (χ1n) is 43.0. The number of benzene rings is 5. The summed E-state index contributed by atoms with van der Waals surface area (Å²) < 4.78 is 0. The van der Waals surface area contributed by atoms with Crippen LogP contribution in [-0.4, -0.2) is 244 Å². The summed E-state index contributed by atoms with van der Waals surface area (Å²) in [5, 5.41) is 60.3. The third-order valence-corrected chi connectivity index (χ3v) is 21.4. The maximum atomic E-state index is 15.4. The number of nitrogens with two attached hydrogens (primary N) is 6. The van der Waals surface area contributed by atoms with Crippen molar-refractivity contribution in [1.82, 2.24) is 95.0 Å². The van der Waals surface area contributed by atoms with Gasteiger partial charge < -0.3 is 135 Å². The second kappa shape index (κ2) is 51.6. The molecule has 46 heteroatoms. The lowest BCUT2D eigenvalue weighted by molar-refractivity contribution is -0.137. The van der Waals surface area contributed by atoms with Crippen molar-refractivity contribution in [2.24, 2.45) is 34.4 Å². The Kier molecular flexibility index (Phi) is 39.9. The van der Waals surface area contributed by atoms with Crippen LogP contribution < -0.4 is 119 Å². The normalized spacial score (nSPS) is 20.5. The van der Waals surface area contributed by atoms with Crippen molar-refractivity contribution in [2.75, 3.05) is 32.7 Å². The van der Waals surface area contributed by atoms with Crippen molar-refractivity contribution in [2.45, 2.75) is 188 Å². The molecule has 46 nitrogen and oxygen atoms in total. The highest BCUT2D eigenvalue weighted by Crippen LogP contribution is 2.22. The average molecular weight is 1860 g/mol. The zero-order chi connectivity index (χ0) is 97.7. The quantitative estimate of drug-likeness (QED) is 0.0175. The van der Waals surface area contributed by atoms with Gasteiger partial charge in [-0.25, -0.2) is 4.98 Å². The molecule has 2 aliphatic heterocycles. The highest BCUT2D eigenvalue weighted by atomic mass is 16.3. The van der Waals surface area contributed by atoms with E-state index in [-0.39, 0.29) is 113 Å². The molecule has 716 valence electrons. The summed E-state index contributed by atoms with van der Waals surface area (Å²) >= 11 is 0. The van der Waals surface area contributed by atoms with E-state index in [0.29, 0.717) is 23.1 Å². The molecule has 20 amide bonds. The van der Waals surface area contributed by atoms with Gasteiger partial charge in [0, 0.05) is 61.7 Å². The number of amides is 20. The number of carbonyl (C=O) groups is 20. The Morgan fingerprint density at radius 3 is 1.43 bits per heavy atom. The summed E-state index contributed by atoms with van der Waals surface area (Å²) in [6.07, 6.45) is -1.87. The van der Waals surface area contributed by atoms with Crippen LogP contribution in [0.4, 0.5) is 0 Å². The van der Waals surface area contributed by atoms with Crippen LogP contribution in [-0.2, 0) is 107 Å². The summed E-state index contributed by atoms with van der Waals surface area (Å²) in [4.78, 5) is 295. The van der Waals surface area contributed by atoms with E-state index < -0.39 is 252 Å². The van der Waals surface area contributed by atoms with Crippen molar-refractivity contribution in [3.05, 3.63) is 185 Å². The van der Waals surface area contributed by atoms with E-state index in [4.69, 9.17) is 34.4 Å². The predicted molar refractivity (Wildman–Crippen MR) is 476 cm³/mol. The number of fused-ring (bicyclic) bond motifs is 8. The zero-order valence-electron chi connectivity index (χ0n) is 73.1. The number of imidazole rings is 1. The molecule has 2 aliphatic rings. The number of nitrogens with zero attached hydrogens (tertiary/aromatic N) is 1. The molecule has 3 heterocycles. The van der Waals surface area contributed by atoms with Crippen LogP contribution in [0.1, 0.15) is 149 Å². The van der Waals surface area contributed by atoms with Gasteiger partial charge in [-0.2, -0.15) is 0 Å². The third-order valence-electron chi connectivity index (χ3n) is 21.4. The zero-order valence-corrected chi connectivity index (χ0v) is 73.1. The first kappa shape index (κ1) is 104. The van der Waals surface area contributed by atoms with E-state index in [1.807, 2.05) is 0 Å². The number of hydrogen-bond donors (Lipinski definition) is 25. The molecule has 134 heavy (non-hydrogen) atoms. The number of phenolic OH excluding ortho intramolecular Hbond substituents is 2. The lowest BCUT2D eigenvalue weighted by atomic mass is 10.0. The Labute approximate surface area is 767 Å². The summed E-state index contributed by atoms with van der Waals surface area (Å²) in [5.41, 5.74) is 33.4. The molecule has 0 saturated carbocycles. The van der Waals surface area contributed by atoms with E-state index in [9.17, 15) is 72.5 Å². The Morgan fingerprint density at radius 1 is 0.440 bits per heavy atom. The lowest BCUT2D eigenvalue weighted by Crippen LogP contribution is -2.62. The van der Waals surface area contributed by atoms with Gasteiger partial charge in [0.1, 0.15) is 90.0 Å². The second-order valence-corrected chi connectivity index (χ2v) is 31.9. The van der Waals surface area contributed by atoms with E-state index >= 15 is 33.6 Å². The van der Waals surface area contributed by atoms with Gasteiger partial charge in [-0.1, -0.05) is 84.9 Å². The van der Waals surface area contributed by atoms with Crippen LogP contribution in [0.15, 0.2) is 140 Å². The van der Waals surface area contributed by atoms with Crippen LogP contribution in [0, 0.1) is 0 Å². The summed E-state index contributed by atoms with van der Waals surface area (Å²) in [7, 11) is 0.